The van der Waals surface area contributed by atoms with E-state index in [1.165, 1.54) is 12.3 Å². The summed E-state index contributed by atoms with van der Waals surface area (Å²) in [5.41, 5.74) is 5.43. The largest absolute Gasteiger partial charge is 0.394 e. The van der Waals surface area contributed by atoms with Gasteiger partial charge in [-0.25, -0.2) is 9.37 Å². The lowest BCUT2D eigenvalue weighted by molar-refractivity contribution is 0.0698. The summed E-state index contributed by atoms with van der Waals surface area (Å²) in [6.07, 6.45) is 3.02. The predicted molar refractivity (Wildman–Crippen MR) is 154 cm³/mol. The lowest BCUT2D eigenvalue weighted by atomic mass is 9.99. The highest BCUT2D eigenvalue weighted by Crippen LogP contribution is 2.28. The number of aromatic nitrogens is 1. The van der Waals surface area contributed by atoms with Crippen LogP contribution in [0, 0.1) is 31.0 Å². The molecule has 8 nitrogen and oxygen atoms in total. The third-order valence-electron chi connectivity index (χ3n) is 8.12. The number of halogens is 1. The summed E-state index contributed by atoms with van der Waals surface area (Å²) in [4.78, 5) is 23.8. The molecule has 0 bridgehead atoms. The van der Waals surface area contributed by atoms with Crippen LogP contribution in [0.2, 0.25) is 0 Å². The molecule has 2 aromatic carbocycles. The average Bonchev–Trinajstić information content (AvgIpc) is 2.99. The first-order valence-electron chi connectivity index (χ1n) is 13.8. The van der Waals surface area contributed by atoms with Gasteiger partial charge >= 0.3 is 0 Å². The molecule has 1 aromatic heterocycles. The van der Waals surface area contributed by atoms with Crippen LogP contribution >= 0.6 is 0 Å². The van der Waals surface area contributed by atoms with Crippen LogP contribution in [0.5, 0.6) is 0 Å². The van der Waals surface area contributed by atoms with Crippen molar-refractivity contribution in [3.05, 3.63) is 82.8 Å². The Morgan fingerprint density at radius 1 is 1.12 bits per heavy atom. The van der Waals surface area contributed by atoms with Gasteiger partial charge in [0, 0.05) is 50.0 Å². The number of aliphatic hydroxyl groups is 1. The van der Waals surface area contributed by atoms with E-state index < -0.39 is 5.82 Å². The van der Waals surface area contributed by atoms with Crippen molar-refractivity contribution in [1.82, 2.24) is 9.88 Å². The number of anilines is 3. The van der Waals surface area contributed by atoms with Crippen molar-refractivity contribution >= 4 is 23.1 Å². The van der Waals surface area contributed by atoms with Gasteiger partial charge in [0.2, 0.25) is 0 Å². The third-order valence-corrected chi connectivity index (χ3v) is 8.12. The Hall–Kier alpha value is -4.16. The van der Waals surface area contributed by atoms with Crippen LogP contribution in [-0.2, 0) is 0 Å². The maximum absolute atomic E-state index is 13.6. The molecule has 2 aliphatic heterocycles. The number of carbonyl (C=O) groups excluding carboxylic acids is 1. The van der Waals surface area contributed by atoms with Crippen molar-refractivity contribution in [3.8, 4) is 6.07 Å². The maximum atomic E-state index is 13.6. The summed E-state index contributed by atoms with van der Waals surface area (Å²) < 4.78 is 13.3. The number of benzene rings is 2. The standard InChI is InChI=1S/C31H35FN6O2/c1-21-15-24(31(40)37-13-14-38(27(19-37)20-39)30-8-7-25(32)18-34-30)16-28(22(21)2)35-26-9-11-36(12-10-26)29-6-4-3-5-23(29)17-33/h3-8,15-16,18,26-27,35,39H,9-14,19-20H2,1-2H3. The molecule has 0 aliphatic carbocycles. The molecule has 1 unspecified atom stereocenters. The molecule has 2 fully saturated rings. The molecule has 2 aliphatic rings. The first kappa shape index (κ1) is 27.4. The Morgan fingerprint density at radius 3 is 2.60 bits per heavy atom. The number of aliphatic hydroxyl groups excluding tert-OH is 1. The number of piperazine rings is 1. The van der Waals surface area contributed by atoms with Gasteiger partial charge in [0.15, 0.2) is 0 Å². The Bertz CT molecular complexity index is 1400. The van der Waals surface area contributed by atoms with Crippen LogP contribution in [0.15, 0.2) is 54.7 Å². The molecule has 0 radical (unpaired) electrons. The molecule has 40 heavy (non-hydrogen) atoms. The number of hydrogen-bond acceptors (Lipinski definition) is 7. The predicted octanol–water partition coefficient (Wildman–Crippen LogP) is 4.11. The summed E-state index contributed by atoms with van der Waals surface area (Å²) in [5.74, 6) is 0.110. The van der Waals surface area contributed by atoms with Crippen molar-refractivity contribution in [3.63, 3.8) is 0 Å². The highest BCUT2D eigenvalue weighted by atomic mass is 19.1. The zero-order valence-electron chi connectivity index (χ0n) is 23.0. The number of para-hydroxylation sites is 1. The average molecular weight is 543 g/mol. The number of aryl methyl sites for hydroxylation is 1. The normalized spacial score (nSPS) is 18.0. The number of rotatable bonds is 6. The minimum atomic E-state index is -0.410. The SMILES string of the molecule is Cc1cc(C(=O)N2CCN(c3ccc(F)cn3)C(CO)C2)cc(NC2CCN(c3ccccc3C#N)CC2)c1C. The fourth-order valence-electron chi connectivity index (χ4n) is 5.68. The Balaban J connectivity index is 1.25. The third kappa shape index (κ3) is 5.73. The van der Waals surface area contributed by atoms with E-state index in [-0.39, 0.29) is 24.6 Å². The van der Waals surface area contributed by atoms with E-state index in [2.05, 4.69) is 28.2 Å². The number of carbonyl (C=O) groups is 1. The zero-order valence-corrected chi connectivity index (χ0v) is 23.0. The highest BCUT2D eigenvalue weighted by Gasteiger charge is 2.31. The Morgan fingerprint density at radius 2 is 1.90 bits per heavy atom. The van der Waals surface area contributed by atoms with Crippen LogP contribution < -0.4 is 15.1 Å². The smallest absolute Gasteiger partial charge is 0.254 e. The van der Waals surface area contributed by atoms with Gasteiger partial charge in [-0.3, -0.25) is 4.79 Å². The summed E-state index contributed by atoms with van der Waals surface area (Å²) in [7, 11) is 0. The number of pyridine rings is 1. The zero-order chi connectivity index (χ0) is 28.2. The van der Waals surface area contributed by atoms with Crippen LogP contribution in [0.4, 0.5) is 21.6 Å². The number of hydrogen-bond donors (Lipinski definition) is 2. The maximum Gasteiger partial charge on any atom is 0.254 e. The molecule has 3 aromatic rings. The number of amides is 1. The molecular formula is C31H35FN6O2. The van der Waals surface area contributed by atoms with Crippen molar-refractivity contribution in [1.29, 1.82) is 5.26 Å². The number of nitrogens with zero attached hydrogens (tertiary/aromatic N) is 5. The quantitative estimate of drug-likeness (QED) is 0.484. The second-order valence-electron chi connectivity index (χ2n) is 10.6. The summed E-state index contributed by atoms with van der Waals surface area (Å²) in [5, 5.41) is 23.2. The number of nitrogens with one attached hydrogen (secondary N) is 1. The molecule has 2 N–H and O–H groups in total. The second kappa shape index (κ2) is 11.9. The van der Waals surface area contributed by atoms with Crippen molar-refractivity contribution in [2.75, 3.05) is 54.4 Å². The van der Waals surface area contributed by atoms with Gasteiger partial charge in [-0.05, 0) is 74.2 Å². The summed E-state index contributed by atoms with van der Waals surface area (Å²) in [6.45, 7) is 6.98. The van der Waals surface area contributed by atoms with Crippen LogP contribution in [-0.4, -0.2) is 72.3 Å². The van der Waals surface area contributed by atoms with E-state index in [9.17, 15) is 19.6 Å². The first-order chi connectivity index (χ1) is 19.4. The van der Waals surface area contributed by atoms with Crippen molar-refractivity contribution in [2.24, 2.45) is 0 Å². The van der Waals surface area contributed by atoms with Crippen molar-refractivity contribution < 1.29 is 14.3 Å². The van der Waals surface area contributed by atoms with Gasteiger partial charge in [-0.2, -0.15) is 5.26 Å². The Kier molecular flexibility index (Phi) is 8.17. The molecule has 2 saturated heterocycles. The minimum Gasteiger partial charge on any atom is -0.394 e. The van der Waals surface area contributed by atoms with Gasteiger partial charge in [-0.15, -0.1) is 0 Å². The van der Waals surface area contributed by atoms with Gasteiger partial charge < -0.3 is 25.1 Å². The lowest BCUT2D eigenvalue weighted by Gasteiger charge is -2.41. The summed E-state index contributed by atoms with van der Waals surface area (Å²) in [6, 6.07) is 16.8. The van der Waals surface area contributed by atoms with E-state index in [1.54, 1.807) is 11.0 Å². The molecule has 0 spiro atoms. The second-order valence-corrected chi connectivity index (χ2v) is 10.6. The van der Waals surface area contributed by atoms with Crippen LogP contribution in [0.3, 0.4) is 0 Å². The van der Waals surface area contributed by atoms with E-state index in [4.69, 9.17) is 0 Å². The van der Waals surface area contributed by atoms with Crippen molar-refractivity contribution in [2.45, 2.75) is 38.8 Å². The molecule has 5 rings (SSSR count). The van der Waals surface area contributed by atoms with E-state index in [0.717, 1.165) is 48.4 Å². The molecular weight excluding hydrogens is 507 g/mol. The molecule has 1 atom stereocenters. The van der Waals surface area contributed by atoms with Gasteiger partial charge in [0.25, 0.3) is 5.91 Å². The van der Waals surface area contributed by atoms with E-state index in [0.29, 0.717) is 36.6 Å². The molecule has 0 saturated carbocycles. The molecule has 3 heterocycles. The topological polar surface area (TPSA) is 95.7 Å². The highest BCUT2D eigenvalue weighted by molar-refractivity contribution is 5.96. The van der Waals surface area contributed by atoms with E-state index >= 15 is 0 Å². The fourth-order valence-corrected chi connectivity index (χ4v) is 5.68. The van der Waals surface area contributed by atoms with E-state index in [1.807, 2.05) is 48.2 Å². The summed E-state index contributed by atoms with van der Waals surface area (Å²) >= 11 is 0. The van der Waals surface area contributed by atoms with Crippen LogP contribution in [0.1, 0.15) is 39.9 Å². The van der Waals surface area contributed by atoms with Gasteiger partial charge in [0.05, 0.1) is 30.1 Å². The Labute approximate surface area is 234 Å². The first-order valence-corrected chi connectivity index (χ1v) is 13.8. The molecule has 1 amide bonds. The molecule has 208 valence electrons. The van der Waals surface area contributed by atoms with Gasteiger partial charge in [-0.1, -0.05) is 12.1 Å². The lowest BCUT2D eigenvalue weighted by Crippen LogP contribution is -2.56. The monoisotopic (exact) mass is 542 g/mol. The minimum absolute atomic E-state index is 0.0701. The number of piperidine rings is 1. The van der Waals surface area contributed by atoms with Gasteiger partial charge in [0.1, 0.15) is 17.7 Å². The number of nitriles is 1. The molecule has 9 heteroatoms. The fraction of sp³-hybridized carbons (Fsp3) is 0.387. The van der Waals surface area contributed by atoms with Crippen LogP contribution in [0.25, 0.3) is 0 Å².